The SMILES string of the molecule is CCc1cccc2sc(N3CCN(C(=O)CCCSc4ccccc4)CC3)nc12. The van der Waals surface area contributed by atoms with E-state index in [2.05, 4.69) is 54.3 Å². The van der Waals surface area contributed by atoms with Gasteiger partial charge in [0.2, 0.25) is 5.91 Å². The molecule has 1 amide bonds. The minimum atomic E-state index is 0.288. The normalized spacial score (nSPS) is 14.5. The van der Waals surface area contributed by atoms with E-state index in [1.165, 1.54) is 15.2 Å². The molecule has 0 spiro atoms. The Morgan fingerprint density at radius 2 is 1.86 bits per heavy atom. The van der Waals surface area contributed by atoms with E-state index in [4.69, 9.17) is 4.98 Å². The van der Waals surface area contributed by atoms with Crippen LogP contribution in [0, 0.1) is 0 Å². The van der Waals surface area contributed by atoms with Gasteiger partial charge in [0.15, 0.2) is 5.13 Å². The lowest BCUT2D eigenvalue weighted by Gasteiger charge is -2.34. The molecule has 0 unspecified atom stereocenters. The van der Waals surface area contributed by atoms with Crippen LogP contribution in [0.5, 0.6) is 0 Å². The lowest BCUT2D eigenvalue weighted by molar-refractivity contribution is -0.131. The third kappa shape index (κ3) is 4.93. The maximum atomic E-state index is 12.6. The number of fused-ring (bicyclic) bond motifs is 1. The quantitative estimate of drug-likeness (QED) is 0.391. The summed E-state index contributed by atoms with van der Waals surface area (Å²) in [5.41, 5.74) is 2.46. The van der Waals surface area contributed by atoms with Gasteiger partial charge in [-0.05, 0) is 42.4 Å². The minimum Gasteiger partial charge on any atom is -0.345 e. The first-order valence-corrected chi connectivity index (χ1v) is 12.1. The molecule has 1 saturated heterocycles. The Morgan fingerprint density at radius 3 is 2.62 bits per heavy atom. The summed E-state index contributed by atoms with van der Waals surface area (Å²) >= 11 is 3.59. The highest BCUT2D eigenvalue weighted by molar-refractivity contribution is 7.99. The third-order valence-electron chi connectivity index (χ3n) is 5.32. The molecule has 0 radical (unpaired) electrons. The topological polar surface area (TPSA) is 36.4 Å². The van der Waals surface area contributed by atoms with Crippen molar-refractivity contribution >= 4 is 44.4 Å². The van der Waals surface area contributed by atoms with Crippen molar-refractivity contribution in [1.82, 2.24) is 9.88 Å². The van der Waals surface area contributed by atoms with Gasteiger partial charge in [0.1, 0.15) is 0 Å². The number of nitrogens with zero attached hydrogens (tertiary/aromatic N) is 3. The number of rotatable bonds is 7. The average Bonchev–Trinajstić information content (AvgIpc) is 3.22. The van der Waals surface area contributed by atoms with E-state index in [9.17, 15) is 4.79 Å². The molecule has 2 heterocycles. The van der Waals surface area contributed by atoms with Crippen LogP contribution >= 0.6 is 23.1 Å². The summed E-state index contributed by atoms with van der Waals surface area (Å²) in [5, 5.41) is 1.09. The summed E-state index contributed by atoms with van der Waals surface area (Å²) in [4.78, 5) is 23.1. The Labute approximate surface area is 180 Å². The molecule has 1 fully saturated rings. The molecule has 29 heavy (non-hydrogen) atoms. The summed E-state index contributed by atoms with van der Waals surface area (Å²) in [7, 11) is 0. The number of thiazole rings is 1. The summed E-state index contributed by atoms with van der Waals surface area (Å²) in [6.45, 7) is 5.50. The van der Waals surface area contributed by atoms with Crippen molar-refractivity contribution in [3.05, 3.63) is 54.1 Å². The van der Waals surface area contributed by atoms with Crippen molar-refractivity contribution in [2.45, 2.75) is 31.1 Å². The number of carbonyl (C=O) groups excluding carboxylic acids is 1. The predicted molar refractivity (Wildman–Crippen MR) is 124 cm³/mol. The van der Waals surface area contributed by atoms with Crippen LogP contribution in [0.15, 0.2) is 53.4 Å². The van der Waals surface area contributed by atoms with Crippen molar-refractivity contribution in [2.24, 2.45) is 0 Å². The second kappa shape index (κ2) is 9.63. The fourth-order valence-corrected chi connectivity index (χ4v) is 5.59. The Hall–Kier alpha value is -2.05. The van der Waals surface area contributed by atoms with E-state index in [1.807, 2.05) is 22.7 Å². The number of para-hydroxylation sites is 1. The molecule has 4 rings (SSSR count). The molecule has 152 valence electrons. The Balaban J connectivity index is 1.25. The molecule has 0 N–H and O–H groups in total. The number of aromatic nitrogens is 1. The van der Waals surface area contributed by atoms with Gasteiger partial charge in [0.05, 0.1) is 10.2 Å². The first-order chi connectivity index (χ1) is 14.2. The number of amides is 1. The number of aryl methyl sites for hydroxylation is 1. The highest BCUT2D eigenvalue weighted by Gasteiger charge is 2.23. The van der Waals surface area contributed by atoms with Crippen molar-refractivity contribution in [1.29, 1.82) is 0 Å². The maximum absolute atomic E-state index is 12.6. The van der Waals surface area contributed by atoms with Crippen molar-refractivity contribution in [3.63, 3.8) is 0 Å². The van der Waals surface area contributed by atoms with Gasteiger partial charge < -0.3 is 9.80 Å². The number of anilines is 1. The molecule has 1 aromatic heterocycles. The second-order valence-corrected chi connectivity index (χ2v) is 9.42. The summed E-state index contributed by atoms with van der Waals surface area (Å²) < 4.78 is 1.26. The average molecular weight is 426 g/mol. The van der Waals surface area contributed by atoms with Gasteiger partial charge in [0, 0.05) is 37.5 Å². The first-order valence-electron chi connectivity index (χ1n) is 10.3. The van der Waals surface area contributed by atoms with Gasteiger partial charge in [-0.3, -0.25) is 4.79 Å². The standard InChI is InChI=1S/C23H27N3OS2/c1-2-18-8-6-11-20-22(18)24-23(29-20)26-15-13-25(14-16-26)21(27)12-7-17-28-19-9-4-3-5-10-19/h3-6,8-11H,2,7,12-17H2,1H3. The van der Waals surface area contributed by atoms with Gasteiger partial charge in [-0.25, -0.2) is 4.98 Å². The Kier molecular flexibility index (Phi) is 6.72. The summed E-state index contributed by atoms with van der Waals surface area (Å²) in [5.74, 6) is 1.28. The van der Waals surface area contributed by atoms with Crippen molar-refractivity contribution in [3.8, 4) is 0 Å². The number of thioether (sulfide) groups is 1. The number of carbonyl (C=O) groups is 1. The van der Waals surface area contributed by atoms with Gasteiger partial charge in [-0.1, -0.05) is 48.6 Å². The molecule has 0 atom stereocenters. The lowest BCUT2D eigenvalue weighted by atomic mass is 10.1. The highest BCUT2D eigenvalue weighted by atomic mass is 32.2. The first kappa shape index (κ1) is 20.2. The largest absolute Gasteiger partial charge is 0.345 e. The molecule has 1 aliphatic rings. The van der Waals surface area contributed by atoms with Gasteiger partial charge in [-0.2, -0.15) is 0 Å². The number of hydrogen-bond acceptors (Lipinski definition) is 5. The van der Waals surface area contributed by atoms with E-state index >= 15 is 0 Å². The zero-order valence-corrected chi connectivity index (χ0v) is 18.5. The van der Waals surface area contributed by atoms with E-state index < -0.39 is 0 Å². The molecule has 4 nitrogen and oxygen atoms in total. The van der Waals surface area contributed by atoms with Gasteiger partial charge in [-0.15, -0.1) is 11.8 Å². The number of piperazine rings is 1. The summed E-state index contributed by atoms with van der Waals surface area (Å²) in [6, 6.07) is 16.8. The van der Waals surface area contributed by atoms with Crippen LogP contribution in [0.1, 0.15) is 25.3 Å². The fraction of sp³-hybridized carbons (Fsp3) is 0.391. The third-order valence-corrected chi connectivity index (χ3v) is 7.50. The Morgan fingerprint density at radius 1 is 1.07 bits per heavy atom. The zero-order valence-electron chi connectivity index (χ0n) is 16.8. The highest BCUT2D eigenvalue weighted by Crippen LogP contribution is 2.31. The van der Waals surface area contributed by atoms with Gasteiger partial charge >= 0.3 is 0 Å². The van der Waals surface area contributed by atoms with Gasteiger partial charge in [0.25, 0.3) is 0 Å². The van der Waals surface area contributed by atoms with Crippen LogP contribution < -0.4 is 4.90 Å². The van der Waals surface area contributed by atoms with E-state index in [0.29, 0.717) is 6.42 Å². The van der Waals surface area contributed by atoms with Crippen LogP contribution in [0.2, 0.25) is 0 Å². The molecule has 0 bridgehead atoms. The van der Waals surface area contributed by atoms with Crippen LogP contribution in [0.25, 0.3) is 10.2 Å². The number of hydrogen-bond donors (Lipinski definition) is 0. The van der Waals surface area contributed by atoms with Crippen LogP contribution in [0.4, 0.5) is 5.13 Å². The number of benzene rings is 2. The molecule has 0 saturated carbocycles. The van der Waals surface area contributed by atoms with Crippen LogP contribution in [0.3, 0.4) is 0 Å². The zero-order chi connectivity index (χ0) is 20.1. The molecular formula is C23H27N3OS2. The molecule has 6 heteroatoms. The minimum absolute atomic E-state index is 0.288. The second-order valence-electron chi connectivity index (χ2n) is 7.25. The van der Waals surface area contributed by atoms with Crippen LogP contribution in [-0.4, -0.2) is 47.7 Å². The van der Waals surface area contributed by atoms with Crippen molar-refractivity contribution in [2.75, 3.05) is 36.8 Å². The van der Waals surface area contributed by atoms with Crippen molar-refractivity contribution < 1.29 is 4.79 Å². The monoisotopic (exact) mass is 425 g/mol. The summed E-state index contributed by atoms with van der Waals surface area (Å²) in [6.07, 6.45) is 2.57. The van der Waals surface area contributed by atoms with E-state index in [-0.39, 0.29) is 5.91 Å². The van der Waals surface area contributed by atoms with E-state index in [1.54, 1.807) is 11.3 Å². The molecule has 1 aliphatic heterocycles. The molecule has 0 aliphatic carbocycles. The molecular weight excluding hydrogens is 398 g/mol. The molecule has 2 aromatic carbocycles. The smallest absolute Gasteiger partial charge is 0.222 e. The lowest BCUT2D eigenvalue weighted by Crippen LogP contribution is -2.48. The Bertz CT molecular complexity index is 949. The fourth-order valence-electron chi connectivity index (χ4n) is 3.65. The van der Waals surface area contributed by atoms with Crippen LogP contribution in [-0.2, 0) is 11.2 Å². The maximum Gasteiger partial charge on any atom is 0.222 e. The molecule has 3 aromatic rings. The predicted octanol–water partition coefficient (Wildman–Crippen LogP) is 5.08. The van der Waals surface area contributed by atoms with E-state index in [0.717, 1.165) is 55.4 Å².